The van der Waals surface area contributed by atoms with Gasteiger partial charge in [0.2, 0.25) is 0 Å². The van der Waals surface area contributed by atoms with Crippen LogP contribution in [0.15, 0.2) is 59.4 Å². The average molecular weight is 338 g/mol. The number of amides is 1. The van der Waals surface area contributed by atoms with E-state index in [1.807, 2.05) is 30.3 Å². The number of nitrogens with one attached hydrogen (secondary N) is 1. The van der Waals surface area contributed by atoms with E-state index in [0.717, 1.165) is 10.9 Å². The van der Waals surface area contributed by atoms with E-state index >= 15 is 0 Å². The van der Waals surface area contributed by atoms with E-state index < -0.39 is 6.09 Å². The lowest BCUT2D eigenvalue weighted by molar-refractivity contribution is 0.164. The van der Waals surface area contributed by atoms with Crippen molar-refractivity contribution in [2.75, 3.05) is 19.1 Å². The van der Waals surface area contributed by atoms with Crippen molar-refractivity contribution in [2.24, 2.45) is 0 Å². The lowest BCUT2D eigenvalue weighted by atomic mass is 10.1. The molecule has 0 spiro atoms. The molecule has 2 aromatic carbocycles. The molecule has 0 radical (unpaired) electrons. The number of pyridine rings is 1. The number of rotatable bonds is 4. The summed E-state index contributed by atoms with van der Waals surface area (Å²) in [6.45, 7) is 1.92. The Labute approximate surface area is 144 Å². The number of methoxy groups -OCH3 is 1. The Hall–Kier alpha value is -3.28. The van der Waals surface area contributed by atoms with Crippen LogP contribution in [0.4, 0.5) is 4.79 Å². The smallest absolute Gasteiger partial charge is 0.426 e. The highest BCUT2D eigenvalue weighted by Gasteiger charge is 2.14. The summed E-state index contributed by atoms with van der Waals surface area (Å²) in [5.74, 6) is 0.705. The van der Waals surface area contributed by atoms with Crippen LogP contribution in [0.5, 0.6) is 5.75 Å². The third kappa shape index (κ3) is 3.33. The van der Waals surface area contributed by atoms with E-state index in [2.05, 4.69) is 5.43 Å². The van der Waals surface area contributed by atoms with Gasteiger partial charge < -0.3 is 9.47 Å². The van der Waals surface area contributed by atoms with Crippen LogP contribution >= 0.6 is 0 Å². The highest BCUT2D eigenvalue weighted by Crippen LogP contribution is 2.24. The molecule has 1 N–H and O–H groups in total. The van der Waals surface area contributed by atoms with Crippen molar-refractivity contribution < 1.29 is 14.3 Å². The highest BCUT2D eigenvalue weighted by atomic mass is 16.6. The summed E-state index contributed by atoms with van der Waals surface area (Å²) in [6, 6.07) is 16.3. The molecule has 0 fully saturated rings. The van der Waals surface area contributed by atoms with E-state index in [9.17, 15) is 9.59 Å². The van der Waals surface area contributed by atoms with Gasteiger partial charge in [-0.2, -0.15) is 0 Å². The lowest BCUT2D eigenvalue weighted by Gasteiger charge is -2.15. The van der Waals surface area contributed by atoms with Gasteiger partial charge in [0.15, 0.2) is 0 Å². The van der Waals surface area contributed by atoms with Crippen molar-refractivity contribution in [2.45, 2.75) is 6.92 Å². The van der Waals surface area contributed by atoms with Crippen LogP contribution in [-0.2, 0) is 4.74 Å². The Morgan fingerprint density at radius 3 is 2.52 bits per heavy atom. The molecule has 3 aromatic rings. The van der Waals surface area contributed by atoms with Gasteiger partial charge in [0, 0.05) is 10.9 Å². The molecule has 0 bridgehead atoms. The summed E-state index contributed by atoms with van der Waals surface area (Å²) in [4.78, 5) is 24.7. The van der Waals surface area contributed by atoms with Crippen molar-refractivity contribution >= 4 is 16.9 Å². The average Bonchev–Trinajstić information content (AvgIpc) is 2.64. The summed E-state index contributed by atoms with van der Waals surface area (Å²) >= 11 is 0. The van der Waals surface area contributed by atoms with E-state index in [1.165, 1.54) is 4.68 Å². The number of carbonyl (C=O) groups excluding carboxylic acids is 1. The molecular weight excluding hydrogens is 320 g/mol. The Bertz CT molecular complexity index is 961. The van der Waals surface area contributed by atoms with Crippen LogP contribution in [0.25, 0.3) is 22.0 Å². The largest absolute Gasteiger partial charge is 0.497 e. The normalized spacial score (nSPS) is 10.5. The van der Waals surface area contributed by atoms with Gasteiger partial charge in [-0.3, -0.25) is 4.79 Å². The number of aromatic nitrogens is 1. The SMILES string of the molecule is CCOC(=O)Nn1c(-c2ccc(OC)cc2)cc2ccccc2c1=O. The van der Waals surface area contributed by atoms with Gasteiger partial charge in [-0.25, -0.2) is 14.9 Å². The minimum Gasteiger partial charge on any atom is -0.497 e. The van der Waals surface area contributed by atoms with Gasteiger partial charge in [-0.15, -0.1) is 0 Å². The first-order valence-electron chi connectivity index (χ1n) is 7.87. The number of fused-ring (bicyclic) bond motifs is 1. The molecule has 1 heterocycles. The second-order valence-electron chi connectivity index (χ2n) is 5.32. The van der Waals surface area contributed by atoms with Gasteiger partial charge in [0.25, 0.3) is 5.56 Å². The van der Waals surface area contributed by atoms with Gasteiger partial charge in [-0.05, 0) is 48.7 Å². The molecule has 0 aliphatic rings. The van der Waals surface area contributed by atoms with Gasteiger partial charge in [0.05, 0.1) is 19.4 Å². The van der Waals surface area contributed by atoms with Crippen LogP contribution in [-0.4, -0.2) is 24.5 Å². The van der Waals surface area contributed by atoms with Crippen molar-refractivity contribution in [3.05, 3.63) is 65.0 Å². The zero-order valence-corrected chi connectivity index (χ0v) is 14.0. The number of hydrogen-bond acceptors (Lipinski definition) is 4. The van der Waals surface area contributed by atoms with Crippen molar-refractivity contribution in [1.29, 1.82) is 0 Å². The summed E-state index contributed by atoms with van der Waals surface area (Å²) in [6.07, 6.45) is -0.686. The zero-order chi connectivity index (χ0) is 17.8. The Morgan fingerprint density at radius 1 is 1.12 bits per heavy atom. The quantitative estimate of drug-likeness (QED) is 0.792. The Balaban J connectivity index is 2.19. The van der Waals surface area contributed by atoms with Gasteiger partial charge in [0.1, 0.15) is 5.75 Å². The zero-order valence-electron chi connectivity index (χ0n) is 14.0. The minimum atomic E-state index is -0.686. The third-order valence-electron chi connectivity index (χ3n) is 3.79. The Kier molecular flexibility index (Phi) is 4.70. The molecule has 1 aromatic heterocycles. The molecule has 0 unspecified atom stereocenters. The van der Waals surface area contributed by atoms with E-state index in [-0.39, 0.29) is 12.2 Å². The fourth-order valence-electron chi connectivity index (χ4n) is 2.60. The second-order valence-corrected chi connectivity index (χ2v) is 5.32. The fourth-order valence-corrected chi connectivity index (χ4v) is 2.60. The predicted octanol–water partition coefficient (Wildman–Crippen LogP) is 3.38. The fraction of sp³-hybridized carbons (Fsp3) is 0.158. The molecule has 0 saturated heterocycles. The molecule has 0 atom stereocenters. The first kappa shape index (κ1) is 16.6. The summed E-state index contributed by atoms with van der Waals surface area (Å²) in [5.41, 5.74) is 3.51. The first-order chi connectivity index (χ1) is 12.1. The predicted molar refractivity (Wildman–Crippen MR) is 96.6 cm³/mol. The monoisotopic (exact) mass is 338 g/mol. The van der Waals surface area contributed by atoms with Crippen molar-refractivity contribution in [3.8, 4) is 17.0 Å². The maximum atomic E-state index is 12.9. The molecule has 6 heteroatoms. The first-order valence-corrected chi connectivity index (χ1v) is 7.87. The Morgan fingerprint density at radius 2 is 1.84 bits per heavy atom. The second kappa shape index (κ2) is 7.09. The maximum absolute atomic E-state index is 12.9. The topological polar surface area (TPSA) is 69.6 Å². The summed E-state index contributed by atoms with van der Waals surface area (Å²) in [5, 5.41) is 1.30. The molecule has 3 rings (SSSR count). The maximum Gasteiger partial charge on any atom is 0.426 e. The number of carbonyl (C=O) groups is 1. The van der Waals surface area contributed by atoms with Crippen LogP contribution in [0.3, 0.4) is 0 Å². The number of hydrogen-bond donors (Lipinski definition) is 1. The van der Waals surface area contributed by atoms with E-state index in [0.29, 0.717) is 16.8 Å². The third-order valence-corrected chi connectivity index (χ3v) is 3.79. The number of benzene rings is 2. The van der Waals surface area contributed by atoms with Crippen LogP contribution in [0.1, 0.15) is 6.92 Å². The molecule has 6 nitrogen and oxygen atoms in total. The number of nitrogens with zero attached hydrogens (tertiary/aromatic N) is 1. The molecule has 0 aliphatic heterocycles. The highest BCUT2D eigenvalue weighted by molar-refractivity contribution is 5.87. The van der Waals surface area contributed by atoms with Crippen LogP contribution < -0.4 is 15.7 Å². The van der Waals surface area contributed by atoms with Crippen molar-refractivity contribution in [3.63, 3.8) is 0 Å². The molecule has 0 aliphatic carbocycles. The van der Waals surface area contributed by atoms with E-state index in [1.54, 1.807) is 38.3 Å². The van der Waals surface area contributed by atoms with Crippen molar-refractivity contribution in [1.82, 2.24) is 4.68 Å². The van der Waals surface area contributed by atoms with Gasteiger partial charge in [-0.1, -0.05) is 18.2 Å². The van der Waals surface area contributed by atoms with Gasteiger partial charge >= 0.3 is 6.09 Å². The summed E-state index contributed by atoms with van der Waals surface area (Å²) < 4.78 is 11.3. The lowest BCUT2D eigenvalue weighted by Crippen LogP contribution is -2.34. The van der Waals surface area contributed by atoms with E-state index in [4.69, 9.17) is 9.47 Å². The van der Waals surface area contributed by atoms with Crippen LogP contribution in [0.2, 0.25) is 0 Å². The summed E-state index contributed by atoms with van der Waals surface area (Å²) in [7, 11) is 1.59. The molecular formula is C19H18N2O4. The van der Waals surface area contributed by atoms with Crippen LogP contribution in [0, 0.1) is 0 Å². The molecule has 25 heavy (non-hydrogen) atoms. The standard InChI is InChI=1S/C19H18N2O4/c1-3-25-19(23)20-21-17(13-8-10-15(24-2)11-9-13)12-14-6-4-5-7-16(14)18(21)22/h4-12H,3H2,1-2H3,(H,20,23). The molecule has 128 valence electrons. The molecule has 1 amide bonds. The number of ether oxygens (including phenoxy) is 2. The molecule has 0 saturated carbocycles. The minimum absolute atomic E-state index is 0.214.